The van der Waals surface area contributed by atoms with Crippen LogP contribution in [0.25, 0.3) is 44.4 Å². The first-order valence-corrected chi connectivity index (χ1v) is 15.8. The predicted molar refractivity (Wildman–Crippen MR) is 185 cm³/mol. The molecule has 7 rings (SSSR count). The van der Waals surface area contributed by atoms with Crippen molar-refractivity contribution in [2.24, 2.45) is 0 Å². The van der Waals surface area contributed by atoms with Gasteiger partial charge >= 0.3 is 0 Å². The minimum absolute atomic E-state index is 0.410. The minimum atomic E-state index is 0.410. The molecule has 0 amide bonds. The van der Waals surface area contributed by atoms with Crippen LogP contribution < -0.4 is 4.74 Å². The molecule has 0 N–H and O–H groups in total. The van der Waals surface area contributed by atoms with E-state index < -0.39 is 0 Å². The zero-order valence-electron chi connectivity index (χ0n) is 26.6. The number of pyridine rings is 1. The number of nitrogens with zero attached hydrogens (tertiary/aromatic N) is 4. The first kappa shape index (κ1) is 28.6. The van der Waals surface area contributed by atoms with Gasteiger partial charge in [-0.25, -0.2) is 9.67 Å². The number of rotatable bonds is 8. The van der Waals surface area contributed by atoms with Crippen molar-refractivity contribution < 1.29 is 4.74 Å². The molecule has 0 saturated carbocycles. The van der Waals surface area contributed by atoms with Crippen molar-refractivity contribution in [2.75, 3.05) is 0 Å². The Balaban J connectivity index is 1.30. The van der Waals surface area contributed by atoms with E-state index in [0.29, 0.717) is 5.92 Å². The highest BCUT2D eigenvalue weighted by atomic mass is 16.5. The molecule has 0 unspecified atom stereocenters. The van der Waals surface area contributed by atoms with Crippen molar-refractivity contribution in [1.82, 2.24) is 19.3 Å². The molecule has 5 heteroatoms. The fourth-order valence-corrected chi connectivity index (χ4v) is 6.45. The van der Waals surface area contributed by atoms with E-state index in [9.17, 15) is 0 Å². The molecule has 3 heterocycles. The van der Waals surface area contributed by atoms with E-state index in [1.165, 1.54) is 27.5 Å². The molecule has 0 radical (unpaired) electrons. The monoisotopic (exact) mass is 590 g/mol. The summed E-state index contributed by atoms with van der Waals surface area (Å²) in [6, 6.07) is 36.1. The Morgan fingerprint density at radius 3 is 2.38 bits per heavy atom. The zero-order chi connectivity index (χ0) is 31.1. The van der Waals surface area contributed by atoms with Gasteiger partial charge in [0.1, 0.15) is 17.3 Å². The van der Waals surface area contributed by atoms with E-state index in [4.69, 9.17) is 14.8 Å². The van der Waals surface area contributed by atoms with Crippen LogP contribution in [0.15, 0.2) is 109 Å². The van der Waals surface area contributed by atoms with Gasteiger partial charge in [0.2, 0.25) is 0 Å². The van der Waals surface area contributed by atoms with Crippen LogP contribution >= 0.6 is 0 Å². The molecule has 0 aliphatic carbocycles. The fraction of sp³-hybridized carbons (Fsp3) is 0.200. The number of hydrogen-bond donors (Lipinski definition) is 0. The van der Waals surface area contributed by atoms with Gasteiger partial charge in [0.25, 0.3) is 0 Å². The molecule has 45 heavy (non-hydrogen) atoms. The average molecular weight is 591 g/mol. The zero-order valence-corrected chi connectivity index (χ0v) is 26.6. The second-order valence-electron chi connectivity index (χ2n) is 12.1. The quantitative estimate of drug-likeness (QED) is 0.177. The van der Waals surface area contributed by atoms with Gasteiger partial charge in [-0.3, -0.25) is 4.57 Å². The van der Waals surface area contributed by atoms with Crippen LogP contribution in [0.5, 0.6) is 11.5 Å². The molecular formula is C40H38N4O. The number of ether oxygens (including phenoxy) is 1. The molecule has 0 saturated heterocycles. The van der Waals surface area contributed by atoms with Crippen LogP contribution in [0.2, 0.25) is 0 Å². The third-order valence-corrected chi connectivity index (χ3v) is 8.66. The summed E-state index contributed by atoms with van der Waals surface area (Å²) in [4.78, 5) is 4.83. The van der Waals surface area contributed by atoms with Gasteiger partial charge in [-0.2, -0.15) is 5.10 Å². The van der Waals surface area contributed by atoms with Gasteiger partial charge in [0.05, 0.1) is 22.4 Å². The van der Waals surface area contributed by atoms with Crippen molar-refractivity contribution in [3.63, 3.8) is 0 Å². The number of aryl methyl sites for hydroxylation is 2. The SMILES string of the molecule is CCCc1ccc2c(c1)c1ccc(Oc3cccc(-n4nc(C)c(-c5ccccc5)c4C)c3)cc1n2-c1cc(C(C)C)ccn1. The van der Waals surface area contributed by atoms with E-state index in [2.05, 4.69) is 124 Å². The van der Waals surface area contributed by atoms with E-state index in [0.717, 1.165) is 63.8 Å². The Labute approximate surface area is 264 Å². The van der Waals surface area contributed by atoms with Gasteiger partial charge in [-0.15, -0.1) is 0 Å². The van der Waals surface area contributed by atoms with E-state index in [1.54, 1.807) is 0 Å². The molecule has 4 aromatic carbocycles. The molecule has 0 fully saturated rings. The average Bonchev–Trinajstić information content (AvgIpc) is 3.54. The number of fused-ring (bicyclic) bond motifs is 3. The standard InChI is InChI=1S/C40H38N4O/c1-6-11-29-16-19-37-36(22-29)35-18-17-34(25-38(35)43(37)39-23-31(26(2)3)20-21-41-39)45-33-15-10-14-32(24-33)44-28(5)40(27(4)42-44)30-12-8-7-9-13-30/h7-10,12-26H,6,11H2,1-5H3. The maximum atomic E-state index is 6.55. The van der Waals surface area contributed by atoms with Crippen LogP contribution in [0.4, 0.5) is 0 Å². The molecule has 0 spiro atoms. The maximum Gasteiger partial charge on any atom is 0.137 e. The van der Waals surface area contributed by atoms with E-state index in [1.807, 2.05) is 29.1 Å². The molecule has 0 atom stereocenters. The van der Waals surface area contributed by atoms with Gasteiger partial charge in [-0.1, -0.05) is 69.7 Å². The Morgan fingerprint density at radius 2 is 1.58 bits per heavy atom. The minimum Gasteiger partial charge on any atom is -0.457 e. The van der Waals surface area contributed by atoms with Crippen molar-refractivity contribution in [2.45, 2.75) is 53.4 Å². The van der Waals surface area contributed by atoms with E-state index >= 15 is 0 Å². The highest BCUT2D eigenvalue weighted by molar-refractivity contribution is 6.09. The maximum absolute atomic E-state index is 6.55. The highest BCUT2D eigenvalue weighted by Gasteiger charge is 2.17. The Bertz CT molecular complexity index is 2150. The fourth-order valence-electron chi connectivity index (χ4n) is 6.45. The van der Waals surface area contributed by atoms with Crippen molar-refractivity contribution in [3.05, 3.63) is 132 Å². The van der Waals surface area contributed by atoms with Gasteiger partial charge < -0.3 is 4.74 Å². The molecular weight excluding hydrogens is 552 g/mol. The van der Waals surface area contributed by atoms with Gasteiger partial charge in [0.15, 0.2) is 0 Å². The largest absolute Gasteiger partial charge is 0.457 e. The normalized spacial score (nSPS) is 11.6. The summed E-state index contributed by atoms with van der Waals surface area (Å²) in [5.74, 6) is 2.86. The van der Waals surface area contributed by atoms with Crippen LogP contribution in [-0.2, 0) is 6.42 Å². The second kappa shape index (κ2) is 11.7. The molecule has 0 bridgehead atoms. The van der Waals surface area contributed by atoms with Crippen molar-refractivity contribution in [1.29, 1.82) is 0 Å². The Kier molecular flexibility index (Phi) is 7.46. The lowest BCUT2D eigenvalue weighted by molar-refractivity contribution is 0.482. The molecule has 0 aliphatic rings. The van der Waals surface area contributed by atoms with Gasteiger partial charge in [0, 0.05) is 40.4 Å². The lowest BCUT2D eigenvalue weighted by Crippen LogP contribution is -2.00. The van der Waals surface area contributed by atoms with Crippen LogP contribution in [0, 0.1) is 13.8 Å². The van der Waals surface area contributed by atoms with Crippen molar-refractivity contribution in [3.8, 4) is 34.1 Å². The summed E-state index contributed by atoms with van der Waals surface area (Å²) >= 11 is 0. The molecule has 7 aromatic rings. The van der Waals surface area contributed by atoms with Crippen LogP contribution in [0.1, 0.15) is 55.6 Å². The lowest BCUT2D eigenvalue weighted by atomic mass is 10.0. The summed E-state index contributed by atoms with van der Waals surface area (Å²) < 4.78 is 10.8. The molecule has 224 valence electrons. The number of benzene rings is 4. The molecule has 3 aromatic heterocycles. The molecule has 0 aliphatic heterocycles. The molecule has 5 nitrogen and oxygen atoms in total. The van der Waals surface area contributed by atoms with Crippen LogP contribution in [0.3, 0.4) is 0 Å². The summed E-state index contributed by atoms with van der Waals surface area (Å²) in [5.41, 5.74) is 10.2. The van der Waals surface area contributed by atoms with Crippen molar-refractivity contribution >= 4 is 21.8 Å². The smallest absolute Gasteiger partial charge is 0.137 e. The second-order valence-corrected chi connectivity index (χ2v) is 12.1. The Morgan fingerprint density at radius 1 is 0.756 bits per heavy atom. The highest BCUT2D eigenvalue weighted by Crippen LogP contribution is 2.37. The van der Waals surface area contributed by atoms with Gasteiger partial charge in [-0.05, 0) is 91.4 Å². The topological polar surface area (TPSA) is 44.9 Å². The summed E-state index contributed by atoms with van der Waals surface area (Å²) in [5, 5.41) is 7.33. The summed E-state index contributed by atoms with van der Waals surface area (Å²) in [6.07, 6.45) is 4.09. The number of hydrogen-bond acceptors (Lipinski definition) is 3. The first-order chi connectivity index (χ1) is 21.9. The third kappa shape index (κ3) is 5.29. The summed E-state index contributed by atoms with van der Waals surface area (Å²) in [7, 11) is 0. The van der Waals surface area contributed by atoms with E-state index in [-0.39, 0.29) is 0 Å². The first-order valence-electron chi connectivity index (χ1n) is 15.8. The third-order valence-electron chi connectivity index (χ3n) is 8.66. The van der Waals surface area contributed by atoms with Crippen LogP contribution in [-0.4, -0.2) is 19.3 Å². The lowest BCUT2D eigenvalue weighted by Gasteiger charge is -2.12. The number of aromatic nitrogens is 4. The summed E-state index contributed by atoms with van der Waals surface area (Å²) in [6.45, 7) is 10.9. The predicted octanol–water partition coefficient (Wildman–Crippen LogP) is 10.5. The Hall–Kier alpha value is -5.16.